The molecule has 0 bridgehead atoms. The average Bonchev–Trinajstić information content (AvgIpc) is 2.72. The number of hydrogen-bond acceptors (Lipinski definition) is 4. The third-order valence-electron chi connectivity index (χ3n) is 4.43. The number of methoxy groups -OCH3 is 2. The van der Waals surface area contributed by atoms with Gasteiger partial charge in [0.05, 0.1) is 37.1 Å². The average molecular weight is 406 g/mol. The lowest BCUT2D eigenvalue weighted by Crippen LogP contribution is -2.45. The van der Waals surface area contributed by atoms with Crippen LogP contribution in [0.1, 0.15) is 22.7 Å². The predicted molar refractivity (Wildman–Crippen MR) is 97.8 cm³/mol. The smallest absolute Gasteiger partial charge is 0.416 e. The van der Waals surface area contributed by atoms with Crippen molar-refractivity contribution in [3.8, 4) is 5.75 Å². The Labute approximate surface area is 164 Å². The number of alkyl halides is 3. The number of carbonyl (C=O) groups excluding carboxylic acids is 2. The van der Waals surface area contributed by atoms with Crippen molar-refractivity contribution in [3.05, 3.63) is 70.8 Å². The van der Waals surface area contributed by atoms with Gasteiger partial charge in [-0.05, 0) is 41.5 Å². The quantitative estimate of drug-likeness (QED) is 0.760. The fourth-order valence-electron chi connectivity index (χ4n) is 3.12. The molecule has 0 aliphatic carbocycles. The molecule has 2 aromatic rings. The third-order valence-corrected chi connectivity index (χ3v) is 4.43. The van der Waals surface area contributed by atoms with E-state index < -0.39 is 29.8 Å². The minimum Gasteiger partial charge on any atom is -0.497 e. The van der Waals surface area contributed by atoms with E-state index in [1.807, 2.05) is 0 Å². The van der Waals surface area contributed by atoms with Crippen molar-refractivity contribution in [1.29, 1.82) is 0 Å². The Hall–Kier alpha value is -3.49. The maximum atomic E-state index is 13.5. The van der Waals surface area contributed by atoms with Gasteiger partial charge in [-0.1, -0.05) is 18.2 Å². The molecule has 0 radical (unpaired) electrons. The Kier molecular flexibility index (Phi) is 5.49. The topological polar surface area (TPSA) is 76.7 Å². The molecule has 1 unspecified atom stereocenters. The maximum absolute atomic E-state index is 13.5. The van der Waals surface area contributed by atoms with Crippen LogP contribution >= 0.6 is 0 Å². The van der Waals surface area contributed by atoms with Gasteiger partial charge < -0.3 is 20.1 Å². The second-order valence-corrected chi connectivity index (χ2v) is 6.13. The van der Waals surface area contributed by atoms with Crippen LogP contribution in [0, 0.1) is 0 Å². The van der Waals surface area contributed by atoms with Crippen molar-refractivity contribution in [2.45, 2.75) is 12.2 Å². The van der Waals surface area contributed by atoms with Crippen LogP contribution in [0.15, 0.2) is 54.1 Å². The van der Waals surface area contributed by atoms with E-state index in [0.29, 0.717) is 11.3 Å². The molecule has 1 atom stereocenters. The molecule has 0 aromatic heterocycles. The predicted octanol–water partition coefficient (Wildman–Crippen LogP) is 3.65. The normalized spacial score (nSPS) is 16.7. The molecule has 1 aliphatic rings. The molecule has 1 aliphatic heterocycles. The van der Waals surface area contributed by atoms with E-state index in [1.54, 1.807) is 24.3 Å². The highest BCUT2D eigenvalue weighted by Crippen LogP contribution is 2.39. The molecule has 0 fully saturated rings. The summed E-state index contributed by atoms with van der Waals surface area (Å²) in [6, 6.07) is 9.01. The number of carbonyl (C=O) groups is 2. The first-order valence-electron chi connectivity index (χ1n) is 8.46. The monoisotopic (exact) mass is 406 g/mol. The number of halogens is 3. The Bertz CT molecular complexity index is 968. The van der Waals surface area contributed by atoms with E-state index in [2.05, 4.69) is 10.6 Å². The van der Waals surface area contributed by atoms with Crippen molar-refractivity contribution in [1.82, 2.24) is 10.6 Å². The highest BCUT2D eigenvalue weighted by atomic mass is 19.4. The van der Waals surface area contributed by atoms with Gasteiger partial charge in [0.2, 0.25) is 0 Å². The lowest BCUT2D eigenvalue weighted by atomic mass is 9.89. The van der Waals surface area contributed by atoms with Crippen LogP contribution < -0.4 is 15.4 Å². The molecule has 2 amide bonds. The number of benzene rings is 2. The SMILES string of the molecule is COC(=O)C1=C(c2ccc(OC)cc2)NC(=O)NC1c1ccccc1C(F)(F)F. The molecule has 3 rings (SSSR count). The van der Waals surface area contributed by atoms with E-state index in [-0.39, 0.29) is 16.8 Å². The highest BCUT2D eigenvalue weighted by molar-refractivity contribution is 6.04. The number of hydrogen-bond donors (Lipinski definition) is 2. The van der Waals surface area contributed by atoms with Crippen molar-refractivity contribution in [3.63, 3.8) is 0 Å². The van der Waals surface area contributed by atoms with Gasteiger partial charge in [0.1, 0.15) is 5.75 Å². The van der Waals surface area contributed by atoms with Crippen molar-refractivity contribution >= 4 is 17.7 Å². The van der Waals surface area contributed by atoms with Crippen molar-refractivity contribution in [2.75, 3.05) is 14.2 Å². The van der Waals surface area contributed by atoms with E-state index in [1.165, 1.54) is 25.3 Å². The van der Waals surface area contributed by atoms with Crippen molar-refractivity contribution in [2.24, 2.45) is 0 Å². The minimum atomic E-state index is -4.67. The van der Waals surface area contributed by atoms with Crippen LogP contribution in [0.4, 0.5) is 18.0 Å². The van der Waals surface area contributed by atoms with E-state index in [0.717, 1.165) is 13.2 Å². The number of rotatable bonds is 4. The summed E-state index contributed by atoms with van der Waals surface area (Å²) >= 11 is 0. The molecular weight excluding hydrogens is 389 g/mol. The fraction of sp³-hybridized carbons (Fsp3) is 0.200. The fourth-order valence-corrected chi connectivity index (χ4v) is 3.12. The Morgan fingerprint density at radius 3 is 2.28 bits per heavy atom. The third kappa shape index (κ3) is 4.03. The van der Waals surface area contributed by atoms with Gasteiger partial charge in [0.25, 0.3) is 0 Å². The first-order chi connectivity index (χ1) is 13.8. The van der Waals surface area contributed by atoms with Gasteiger partial charge >= 0.3 is 18.2 Å². The van der Waals surface area contributed by atoms with Crippen LogP contribution in [-0.2, 0) is 15.7 Å². The van der Waals surface area contributed by atoms with E-state index in [9.17, 15) is 22.8 Å². The summed E-state index contributed by atoms with van der Waals surface area (Å²) in [6.45, 7) is 0. The summed E-state index contributed by atoms with van der Waals surface area (Å²) in [7, 11) is 2.59. The summed E-state index contributed by atoms with van der Waals surface area (Å²) < 4.78 is 50.5. The molecule has 0 saturated carbocycles. The Balaban J connectivity index is 2.23. The number of urea groups is 1. The second-order valence-electron chi connectivity index (χ2n) is 6.13. The number of amides is 2. The molecule has 152 valence electrons. The Morgan fingerprint density at radius 2 is 1.69 bits per heavy atom. The molecule has 29 heavy (non-hydrogen) atoms. The Morgan fingerprint density at radius 1 is 1.03 bits per heavy atom. The van der Waals surface area contributed by atoms with Crippen LogP contribution in [0.3, 0.4) is 0 Å². The van der Waals surface area contributed by atoms with Gasteiger partial charge in [-0.15, -0.1) is 0 Å². The van der Waals surface area contributed by atoms with Gasteiger partial charge in [0.15, 0.2) is 0 Å². The van der Waals surface area contributed by atoms with Gasteiger partial charge in [-0.2, -0.15) is 13.2 Å². The summed E-state index contributed by atoms with van der Waals surface area (Å²) in [5, 5.41) is 4.90. The molecule has 2 aromatic carbocycles. The summed E-state index contributed by atoms with van der Waals surface area (Å²) in [4.78, 5) is 24.8. The maximum Gasteiger partial charge on any atom is 0.416 e. The van der Waals surface area contributed by atoms with E-state index >= 15 is 0 Å². The van der Waals surface area contributed by atoms with Crippen LogP contribution in [0.5, 0.6) is 5.75 Å². The van der Waals surface area contributed by atoms with Gasteiger partial charge in [0, 0.05) is 0 Å². The minimum absolute atomic E-state index is 0.0604. The molecule has 1 heterocycles. The van der Waals surface area contributed by atoms with E-state index in [4.69, 9.17) is 9.47 Å². The van der Waals surface area contributed by atoms with Crippen LogP contribution in [0.25, 0.3) is 5.70 Å². The molecule has 0 saturated heterocycles. The number of nitrogens with one attached hydrogen (secondary N) is 2. The van der Waals surface area contributed by atoms with Crippen LogP contribution in [0.2, 0.25) is 0 Å². The number of ether oxygens (including phenoxy) is 2. The summed E-state index contributed by atoms with van der Waals surface area (Å²) in [5.74, 6) is -0.335. The largest absolute Gasteiger partial charge is 0.497 e. The molecule has 0 spiro atoms. The molecule has 2 N–H and O–H groups in total. The van der Waals surface area contributed by atoms with Gasteiger partial charge in [-0.3, -0.25) is 0 Å². The number of esters is 1. The lowest BCUT2D eigenvalue weighted by Gasteiger charge is -2.30. The zero-order chi connectivity index (χ0) is 21.2. The summed E-state index contributed by atoms with van der Waals surface area (Å²) in [6.07, 6.45) is -4.67. The highest BCUT2D eigenvalue weighted by Gasteiger charge is 2.40. The first-order valence-corrected chi connectivity index (χ1v) is 8.46. The standard InChI is InChI=1S/C20H17F3N2O4/c1-28-12-9-7-11(8-10-12)16-15(18(26)29-2)17(25-19(27)24-16)13-5-3-4-6-14(13)20(21,22)23/h3-10,17H,1-2H3,(H2,24,25,27). The van der Waals surface area contributed by atoms with Crippen LogP contribution in [-0.4, -0.2) is 26.2 Å². The van der Waals surface area contributed by atoms with Crippen molar-refractivity contribution < 1.29 is 32.2 Å². The zero-order valence-electron chi connectivity index (χ0n) is 15.5. The zero-order valence-corrected chi connectivity index (χ0v) is 15.5. The lowest BCUT2D eigenvalue weighted by molar-refractivity contribution is -0.139. The molecule has 9 heteroatoms. The molecular formula is C20H17F3N2O4. The van der Waals surface area contributed by atoms with Gasteiger partial charge in [-0.25, -0.2) is 9.59 Å². The second kappa shape index (κ2) is 7.86. The summed E-state index contributed by atoms with van der Waals surface area (Å²) in [5.41, 5.74) is -0.890. The first kappa shape index (κ1) is 20.2. The molecule has 6 nitrogen and oxygen atoms in total.